The molecule has 3 heteroatoms. The van der Waals surface area contributed by atoms with Gasteiger partial charge in [0.1, 0.15) is 0 Å². The first-order chi connectivity index (χ1) is 8.29. The maximum atomic E-state index is 9.39. The highest BCUT2D eigenvalue weighted by Crippen LogP contribution is 2.24. The predicted octanol–water partition coefficient (Wildman–Crippen LogP) is 2.82. The Bertz CT molecular complexity index is 312. The van der Waals surface area contributed by atoms with Crippen LogP contribution in [0.3, 0.4) is 0 Å². The van der Waals surface area contributed by atoms with E-state index in [4.69, 9.17) is 0 Å². The van der Waals surface area contributed by atoms with E-state index in [9.17, 15) is 5.11 Å². The predicted molar refractivity (Wildman–Crippen MR) is 73.5 cm³/mol. The van der Waals surface area contributed by atoms with Crippen molar-refractivity contribution in [2.75, 3.05) is 6.61 Å². The summed E-state index contributed by atoms with van der Waals surface area (Å²) in [4.78, 5) is 0. The van der Waals surface area contributed by atoms with Gasteiger partial charge in [-0.3, -0.25) is 0 Å². The SMILES string of the molecule is CC(Cc1ccsc1)NC1CCCCC1CO. The van der Waals surface area contributed by atoms with Gasteiger partial charge in [-0.05, 0) is 54.5 Å². The number of rotatable bonds is 5. The van der Waals surface area contributed by atoms with Gasteiger partial charge in [0.25, 0.3) is 0 Å². The van der Waals surface area contributed by atoms with Crippen molar-refractivity contribution in [3.05, 3.63) is 22.4 Å². The molecule has 1 heterocycles. The Balaban J connectivity index is 1.82. The number of thiophene rings is 1. The van der Waals surface area contributed by atoms with Crippen LogP contribution in [-0.2, 0) is 6.42 Å². The lowest BCUT2D eigenvalue weighted by atomic mass is 9.84. The molecule has 0 spiro atoms. The average Bonchev–Trinajstić information content (AvgIpc) is 2.82. The molecule has 0 bridgehead atoms. The highest BCUT2D eigenvalue weighted by atomic mass is 32.1. The maximum Gasteiger partial charge on any atom is 0.0474 e. The summed E-state index contributed by atoms with van der Waals surface area (Å²) in [6.07, 6.45) is 6.08. The summed E-state index contributed by atoms with van der Waals surface area (Å²) in [6, 6.07) is 3.22. The minimum absolute atomic E-state index is 0.336. The fourth-order valence-corrected chi connectivity index (χ4v) is 3.51. The lowest BCUT2D eigenvalue weighted by Gasteiger charge is -2.33. The van der Waals surface area contributed by atoms with Crippen molar-refractivity contribution in [2.24, 2.45) is 5.92 Å². The Morgan fingerprint density at radius 3 is 3.00 bits per heavy atom. The van der Waals surface area contributed by atoms with Crippen LogP contribution < -0.4 is 5.32 Å². The molecule has 1 saturated carbocycles. The van der Waals surface area contributed by atoms with Crippen LogP contribution in [0.2, 0.25) is 0 Å². The maximum absolute atomic E-state index is 9.39. The van der Waals surface area contributed by atoms with Gasteiger partial charge >= 0.3 is 0 Å². The van der Waals surface area contributed by atoms with E-state index in [1.165, 1.54) is 31.2 Å². The second-order valence-corrected chi connectivity index (χ2v) is 6.02. The largest absolute Gasteiger partial charge is 0.396 e. The van der Waals surface area contributed by atoms with Crippen LogP contribution in [0.5, 0.6) is 0 Å². The molecule has 3 unspecified atom stereocenters. The molecule has 0 amide bonds. The summed E-state index contributed by atoms with van der Waals surface area (Å²) < 4.78 is 0. The van der Waals surface area contributed by atoms with Gasteiger partial charge in [0.05, 0.1) is 0 Å². The third-order valence-electron chi connectivity index (χ3n) is 3.76. The van der Waals surface area contributed by atoms with E-state index in [-0.39, 0.29) is 0 Å². The Labute approximate surface area is 108 Å². The molecular formula is C14H23NOS. The van der Waals surface area contributed by atoms with Gasteiger partial charge in [0.2, 0.25) is 0 Å². The van der Waals surface area contributed by atoms with Crippen molar-refractivity contribution in [3.63, 3.8) is 0 Å². The molecule has 2 rings (SSSR count). The Kier molecular flexibility index (Phi) is 5.01. The summed E-state index contributed by atoms with van der Waals surface area (Å²) in [7, 11) is 0. The minimum Gasteiger partial charge on any atom is -0.396 e. The molecule has 0 saturated heterocycles. The molecule has 0 aliphatic heterocycles. The molecule has 2 nitrogen and oxygen atoms in total. The van der Waals surface area contributed by atoms with Gasteiger partial charge in [-0.1, -0.05) is 12.8 Å². The zero-order valence-electron chi connectivity index (χ0n) is 10.6. The van der Waals surface area contributed by atoms with Crippen molar-refractivity contribution in [3.8, 4) is 0 Å². The summed E-state index contributed by atoms with van der Waals surface area (Å²) in [5, 5.41) is 17.5. The molecule has 1 aliphatic rings. The monoisotopic (exact) mass is 253 g/mol. The standard InChI is InChI=1S/C14H23NOS/c1-11(8-12-6-7-17-10-12)15-14-5-3-2-4-13(14)9-16/h6-7,10-11,13-16H,2-5,8-9H2,1H3. The van der Waals surface area contributed by atoms with Gasteiger partial charge in [0, 0.05) is 18.7 Å². The smallest absolute Gasteiger partial charge is 0.0474 e. The Hall–Kier alpha value is -0.380. The van der Waals surface area contributed by atoms with Crippen LogP contribution in [0.1, 0.15) is 38.2 Å². The van der Waals surface area contributed by atoms with Crippen LogP contribution in [-0.4, -0.2) is 23.8 Å². The van der Waals surface area contributed by atoms with Crippen LogP contribution in [0.4, 0.5) is 0 Å². The highest BCUT2D eigenvalue weighted by molar-refractivity contribution is 7.07. The van der Waals surface area contributed by atoms with Crippen molar-refractivity contribution in [2.45, 2.75) is 51.1 Å². The molecule has 1 aromatic heterocycles. The summed E-state index contributed by atoms with van der Waals surface area (Å²) in [5.74, 6) is 0.466. The lowest BCUT2D eigenvalue weighted by Crippen LogP contribution is -2.45. The van der Waals surface area contributed by atoms with Gasteiger partial charge in [-0.2, -0.15) is 11.3 Å². The van der Waals surface area contributed by atoms with E-state index in [1.54, 1.807) is 11.3 Å². The molecule has 1 aliphatic carbocycles. The topological polar surface area (TPSA) is 32.3 Å². The number of hydrogen-bond acceptors (Lipinski definition) is 3. The van der Waals surface area contributed by atoms with Crippen molar-refractivity contribution in [1.29, 1.82) is 0 Å². The first-order valence-electron chi connectivity index (χ1n) is 6.67. The van der Waals surface area contributed by atoms with E-state index < -0.39 is 0 Å². The third-order valence-corrected chi connectivity index (χ3v) is 4.50. The summed E-state index contributed by atoms with van der Waals surface area (Å²) in [6.45, 7) is 2.59. The molecule has 17 heavy (non-hydrogen) atoms. The van der Waals surface area contributed by atoms with Crippen LogP contribution in [0, 0.1) is 5.92 Å². The molecule has 0 radical (unpaired) electrons. The summed E-state index contributed by atoms with van der Waals surface area (Å²) >= 11 is 1.76. The van der Waals surface area contributed by atoms with Gasteiger partial charge in [-0.25, -0.2) is 0 Å². The normalized spacial score (nSPS) is 26.9. The highest BCUT2D eigenvalue weighted by Gasteiger charge is 2.25. The molecule has 2 N–H and O–H groups in total. The second-order valence-electron chi connectivity index (χ2n) is 5.24. The number of nitrogens with one attached hydrogen (secondary N) is 1. The van der Waals surface area contributed by atoms with Gasteiger partial charge in [-0.15, -0.1) is 0 Å². The first kappa shape index (κ1) is 13.1. The number of aliphatic hydroxyl groups is 1. The average molecular weight is 253 g/mol. The van der Waals surface area contributed by atoms with Crippen molar-refractivity contribution < 1.29 is 5.11 Å². The molecule has 1 aromatic rings. The van der Waals surface area contributed by atoms with Gasteiger partial charge in [0.15, 0.2) is 0 Å². The van der Waals surface area contributed by atoms with Crippen LogP contribution in [0.25, 0.3) is 0 Å². The minimum atomic E-state index is 0.336. The van der Waals surface area contributed by atoms with E-state index in [0.29, 0.717) is 24.6 Å². The quantitative estimate of drug-likeness (QED) is 0.846. The zero-order valence-corrected chi connectivity index (χ0v) is 11.4. The van der Waals surface area contributed by atoms with Crippen molar-refractivity contribution >= 4 is 11.3 Å². The van der Waals surface area contributed by atoms with E-state index in [1.807, 2.05) is 0 Å². The Morgan fingerprint density at radius 1 is 1.47 bits per heavy atom. The third kappa shape index (κ3) is 3.80. The summed E-state index contributed by atoms with van der Waals surface area (Å²) in [5.41, 5.74) is 1.42. The van der Waals surface area contributed by atoms with E-state index in [0.717, 1.165) is 6.42 Å². The fourth-order valence-electron chi connectivity index (χ4n) is 2.83. The lowest BCUT2D eigenvalue weighted by molar-refractivity contribution is 0.147. The molecule has 0 aromatic carbocycles. The van der Waals surface area contributed by atoms with E-state index >= 15 is 0 Å². The van der Waals surface area contributed by atoms with Crippen molar-refractivity contribution in [1.82, 2.24) is 5.32 Å². The molecular weight excluding hydrogens is 230 g/mol. The molecule has 1 fully saturated rings. The number of hydrogen-bond donors (Lipinski definition) is 2. The van der Waals surface area contributed by atoms with Gasteiger partial charge < -0.3 is 10.4 Å². The number of aliphatic hydroxyl groups excluding tert-OH is 1. The zero-order chi connectivity index (χ0) is 12.1. The Morgan fingerprint density at radius 2 is 2.29 bits per heavy atom. The molecule has 96 valence electrons. The molecule has 3 atom stereocenters. The van der Waals surface area contributed by atoms with Crippen LogP contribution in [0.15, 0.2) is 16.8 Å². The second kappa shape index (κ2) is 6.53. The van der Waals surface area contributed by atoms with E-state index in [2.05, 4.69) is 29.1 Å². The van der Waals surface area contributed by atoms with Crippen LogP contribution >= 0.6 is 11.3 Å². The fraction of sp³-hybridized carbons (Fsp3) is 0.714. The first-order valence-corrected chi connectivity index (χ1v) is 7.62.